The van der Waals surface area contributed by atoms with E-state index < -0.39 is 35.6 Å². The van der Waals surface area contributed by atoms with Gasteiger partial charge in [0.15, 0.2) is 37.7 Å². The number of ether oxygens (including phenoxy) is 7. The minimum Gasteiger partial charge on any atom is -0.507 e. The summed E-state index contributed by atoms with van der Waals surface area (Å²) in [5, 5.41) is 12.1. The molecule has 0 amide bonds. The Morgan fingerprint density at radius 1 is 0.750 bits per heavy atom. The van der Waals surface area contributed by atoms with Crippen LogP contribution in [0.5, 0.6) is 28.7 Å². The summed E-state index contributed by atoms with van der Waals surface area (Å²) < 4.78 is 42.8. The zero-order chi connectivity index (χ0) is 44.7. The summed E-state index contributed by atoms with van der Waals surface area (Å²) in [6.07, 6.45) is 13.2. The molecule has 1 aliphatic rings. The first kappa shape index (κ1) is 51.0. The van der Waals surface area contributed by atoms with E-state index in [1.807, 2.05) is 57.2 Å². The molecule has 2 aromatic carbocycles. The number of carbonyl (C=O) groups excluding carboxylic acids is 1. The van der Waals surface area contributed by atoms with Gasteiger partial charge in [0.05, 0.1) is 5.56 Å². The van der Waals surface area contributed by atoms with Crippen LogP contribution in [0.3, 0.4) is 0 Å². The molecule has 0 aromatic heterocycles. The molecule has 1 unspecified atom stereocenters. The highest BCUT2D eigenvalue weighted by Crippen LogP contribution is 2.49. The van der Waals surface area contributed by atoms with Crippen LogP contribution in [0.1, 0.15) is 74.5 Å². The number of allylic oxidation sites excluding steroid dienone is 5. The molecule has 1 atom stereocenters. The van der Waals surface area contributed by atoms with Crippen molar-refractivity contribution < 1.29 is 43.1 Å². The predicted octanol–water partition coefficient (Wildman–Crippen LogP) is 12.8. The van der Waals surface area contributed by atoms with E-state index in [-0.39, 0.29) is 31.7 Å². The van der Waals surface area contributed by atoms with Crippen LogP contribution in [0.4, 0.5) is 0 Å². The molecule has 9 nitrogen and oxygen atoms in total. The number of benzene rings is 2. The maximum atomic E-state index is 14.4. The van der Waals surface area contributed by atoms with Gasteiger partial charge in [0, 0.05) is 49.6 Å². The molecule has 1 N–H and O–H groups in total. The smallest absolute Gasteiger partial charge is 0.193 e. The molecule has 0 bridgehead atoms. The summed E-state index contributed by atoms with van der Waals surface area (Å²) in [6, 6.07) is 8.54. The average molecular weight is 881 g/mol. The van der Waals surface area contributed by atoms with E-state index in [9.17, 15) is 9.90 Å². The number of fused-ring (bicyclic) bond motifs is 1. The first-order valence-electron chi connectivity index (χ1n) is 21.5. The Morgan fingerprint density at radius 3 is 1.82 bits per heavy atom. The van der Waals surface area contributed by atoms with Crippen molar-refractivity contribution in [2.75, 3.05) is 40.2 Å². The van der Waals surface area contributed by atoms with Gasteiger partial charge in [-0.05, 0) is 108 Å². The molecule has 1 heterocycles. The van der Waals surface area contributed by atoms with Crippen molar-refractivity contribution in [1.82, 2.24) is 0 Å². The lowest BCUT2D eigenvalue weighted by Gasteiger charge is -2.34. The van der Waals surface area contributed by atoms with Crippen molar-refractivity contribution >= 4 is 42.2 Å². The normalized spacial score (nSPS) is 15.4. The van der Waals surface area contributed by atoms with Crippen molar-refractivity contribution in [2.24, 2.45) is 0 Å². The highest BCUT2D eigenvalue weighted by Gasteiger charge is 2.35. The van der Waals surface area contributed by atoms with Gasteiger partial charge < -0.3 is 38.3 Å². The van der Waals surface area contributed by atoms with Gasteiger partial charge in [0.2, 0.25) is 0 Å². The zero-order valence-corrected chi connectivity index (χ0v) is 42.4. The second-order valence-corrected chi connectivity index (χ2v) is 37.0. The summed E-state index contributed by atoms with van der Waals surface area (Å²) in [7, 11) is -3.81. The molecule has 334 valence electrons. The van der Waals surface area contributed by atoms with Crippen LogP contribution in [-0.2, 0) is 20.6 Å². The third kappa shape index (κ3) is 18.3. The van der Waals surface area contributed by atoms with Gasteiger partial charge >= 0.3 is 0 Å². The Morgan fingerprint density at radius 2 is 1.28 bits per heavy atom. The Bertz CT molecular complexity index is 1840. The summed E-state index contributed by atoms with van der Waals surface area (Å²) >= 11 is 0. The fourth-order valence-electron chi connectivity index (χ4n) is 5.96. The zero-order valence-electron chi connectivity index (χ0n) is 39.4. The van der Waals surface area contributed by atoms with Crippen molar-refractivity contribution in [3.8, 4) is 28.7 Å². The van der Waals surface area contributed by atoms with Gasteiger partial charge in [-0.15, -0.1) is 0 Å². The average Bonchev–Trinajstić information content (AvgIpc) is 3.12. The number of rotatable bonds is 26. The molecule has 12 heteroatoms. The van der Waals surface area contributed by atoms with Crippen molar-refractivity contribution in [3.05, 3.63) is 75.9 Å². The van der Waals surface area contributed by atoms with Gasteiger partial charge in [-0.1, -0.05) is 94.4 Å². The van der Waals surface area contributed by atoms with Gasteiger partial charge in [-0.2, -0.15) is 0 Å². The Kier molecular flexibility index (Phi) is 19.7. The maximum absolute atomic E-state index is 14.4. The van der Waals surface area contributed by atoms with Crippen LogP contribution in [0, 0.1) is 0 Å². The van der Waals surface area contributed by atoms with Crippen LogP contribution in [0.2, 0.25) is 77.1 Å². The van der Waals surface area contributed by atoms with E-state index in [0.717, 1.165) is 30.1 Å². The van der Waals surface area contributed by atoms with Crippen LogP contribution in [0.15, 0.2) is 53.6 Å². The fraction of sp³-hybridized carbons (Fsp3) is 0.562. The third-order valence-electron chi connectivity index (χ3n) is 9.87. The molecular formula is C48H76O9Si3. The predicted molar refractivity (Wildman–Crippen MR) is 257 cm³/mol. The third-order valence-corrected chi connectivity index (χ3v) is 15.0. The van der Waals surface area contributed by atoms with Crippen LogP contribution < -0.4 is 18.9 Å². The Labute approximate surface area is 365 Å². The van der Waals surface area contributed by atoms with Crippen LogP contribution in [0.25, 0.3) is 12.2 Å². The molecule has 0 saturated heterocycles. The minimum absolute atomic E-state index is 0.00905. The number of hydrogen-bond acceptors (Lipinski definition) is 9. The van der Waals surface area contributed by atoms with E-state index in [0.29, 0.717) is 72.4 Å². The number of carbonyl (C=O) groups is 1. The minimum atomic E-state index is -1.31. The van der Waals surface area contributed by atoms with E-state index in [1.54, 1.807) is 6.08 Å². The molecule has 3 rings (SSSR count). The van der Waals surface area contributed by atoms with E-state index in [2.05, 4.69) is 78.8 Å². The summed E-state index contributed by atoms with van der Waals surface area (Å²) in [5.74, 6) is 1.16. The van der Waals surface area contributed by atoms with E-state index in [1.165, 1.54) is 11.6 Å². The lowest BCUT2D eigenvalue weighted by Crippen LogP contribution is -2.33. The number of aromatic hydroxyl groups is 1. The highest BCUT2D eigenvalue weighted by atomic mass is 28.3. The molecule has 1 aliphatic heterocycles. The van der Waals surface area contributed by atoms with Gasteiger partial charge in [0.1, 0.15) is 28.4 Å². The SMILES string of the molecule is CC(C)=CCCC1(C)C=Cc2c(OCOCC[Si](C)(C)C)c(CC=C(C)C)c(O)c(C(=O)/C=C/c3ccc(OCOCC[Si](C)(C)C)c(OCOCC[Si](C)(C)C)c3)c2O1. The summed E-state index contributed by atoms with van der Waals surface area (Å²) in [5.41, 5.74) is 3.46. The summed E-state index contributed by atoms with van der Waals surface area (Å²) in [6.45, 7) is 32.9. The second kappa shape index (κ2) is 23.2. The number of hydrogen-bond donors (Lipinski definition) is 1. The molecule has 0 saturated carbocycles. The van der Waals surface area contributed by atoms with E-state index >= 15 is 0 Å². The standard InChI is InChI=1S/C48H76O9Si3/c1-36(2)16-15-24-48(5)25-23-40-46(56-35-53-28-31-60(12,13)14)39(20-17-37(3)4)45(50)44(47(40)57-48)41(49)21-18-38-19-22-42(54-33-51-26-29-58(6,7)8)43(32-38)55-34-52-27-30-59(9,10)11/h16-19,21-23,25,32,50H,15,20,24,26-31,33-35H2,1-14H3/b21-18+. The quantitative estimate of drug-likeness (QED) is 0.0247. The fourth-order valence-corrected chi connectivity index (χ4v) is 8.23. The van der Waals surface area contributed by atoms with Gasteiger partial charge in [0.25, 0.3) is 0 Å². The molecule has 0 aliphatic carbocycles. The molecule has 60 heavy (non-hydrogen) atoms. The molecule has 0 spiro atoms. The maximum Gasteiger partial charge on any atom is 0.193 e. The number of ketones is 1. The number of phenols is 1. The highest BCUT2D eigenvalue weighted by molar-refractivity contribution is 6.76. The molecular weight excluding hydrogens is 805 g/mol. The molecule has 0 radical (unpaired) electrons. The monoisotopic (exact) mass is 880 g/mol. The van der Waals surface area contributed by atoms with Gasteiger partial charge in [-0.3, -0.25) is 4.79 Å². The topological polar surface area (TPSA) is 102 Å². The van der Waals surface area contributed by atoms with Crippen molar-refractivity contribution in [1.29, 1.82) is 0 Å². The van der Waals surface area contributed by atoms with Crippen molar-refractivity contribution in [3.63, 3.8) is 0 Å². The lowest BCUT2D eigenvalue weighted by atomic mass is 9.89. The van der Waals surface area contributed by atoms with E-state index in [4.69, 9.17) is 33.2 Å². The Balaban J connectivity index is 2.03. The van der Waals surface area contributed by atoms with Crippen LogP contribution >= 0.6 is 0 Å². The Hall–Kier alpha value is -3.40. The van der Waals surface area contributed by atoms with Crippen LogP contribution in [-0.4, -0.2) is 80.9 Å². The van der Waals surface area contributed by atoms with Gasteiger partial charge in [-0.25, -0.2) is 0 Å². The largest absolute Gasteiger partial charge is 0.507 e. The second-order valence-electron chi connectivity index (χ2n) is 20.2. The summed E-state index contributed by atoms with van der Waals surface area (Å²) in [4.78, 5) is 14.4. The molecule has 2 aromatic rings. The number of phenolic OH excluding ortho intramolecular Hbond substituents is 1. The lowest BCUT2D eigenvalue weighted by molar-refractivity contribution is 0.00573. The molecule has 0 fully saturated rings. The first-order valence-corrected chi connectivity index (χ1v) is 32.6. The van der Waals surface area contributed by atoms with Crippen molar-refractivity contribution in [2.45, 2.75) is 137 Å². The first-order chi connectivity index (χ1) is 28.0.